The number of aromatic nitrogens is 2. The van der Waals surface area contributed by atoms with Gasteiger partial charge in [-0.15, -0.1) is 0 Å². The van der Waals surface area contributed by atoms with E-state index in [9.17, 15) is 5.26 Å². The van der Waals surface area contributed by atoms with E-state index in [1.165, 1.54) is 11.1 Å². The van der Waals surface area contributed by atoms with E-state index in [-0.39, 0.29) is 0 Å². The predicted octanol–water partition coefficient (Wildman–Crippen LogP) is 4.32. The molecule has 2 aromatic carbocycles. The number of aryl methyl sites for hydroxylation is 2. The van der Waals surface area contributed by atoms with Gasteiger partial charge in [-0.25, -0.2) is 9.97 Å². The van der Waals surface area contributed by atoms with Gasteiger partial charge in [0.15, 0.2) is 0 Å². The van der Waals surface area contributed by atoms with E-state index >= 15 is 0 Å². The number of para-hydroxylation sites is 1. The molecule has 0 saturated heterocycles. The number of benzene rings is 2. The highest BCUT2D eigenvalue weighted by Crippen LogP contribution is 2.21. The Labute approximate surface area is 147 Å². The minimum Gasteiger partial charge on any atom is -0.366 e. The lowest BCUT2D eigenvalue weighted by atomic mass is 10.1. The van der Waals surface area contributed by atoms with E-state index in [1.54, 1.807) is 6.07 Å². The van der Waals surface area contributed by atoms with Crippen molar-refractivity contribution >= 4 is 17.3 Å². The molecule has 1 aromatic heterocycles. The summed E-state index contributed by atoms with van der Waals surface area (Å²) in [6.45, 7) is 4.60. The molecule has 0 amide bonds. The molecular weight excluding hydrogens is 310 g/mol. The van der Waals surface area contributed by atoms with Crippen LogP contribution in [0, 0.1) is 25.2 Å². The molecule has 3 aromatic rings. The van der Waals surface area contributed by atoms with Gasteiger partial charge in [0.2, 0.25) is 0 Å². The van der Waals surface area contributed by atoms with Crippen molar-refractivity contribution in [2.45, 2.75) is 20.4 Å². The van der Waals surface area contributed by atoms with E-state index < -0.39 is 0 Å². The lowest BCUT2D eigenvalue weighted by Gasteiger charge is -2.11. The van der Waals surface area contributed by atoms with E-state index in [2.05, 4.69) is 57.9 Å². The third-order valence-electron chi connectivity index (χ3n) is 3.74. The fourth-order valence-electron chi connectivity index (χ4n) is 2.45. The summed E-state index contributed by atoms with van der Waals surface area (Å²) < 4.78 is 0. The van der Waals surface area contributed by atoms with Crippen molar-refractivity contribution < 1.29 is 0 Å². The number of hydrogen-bond donors (Lipinski definition) is 2. The molecule has 0 fully saturated rings. The molecule has 0 radical (unpaired) electrons. The van der Waals surface area contributed by atoms with Gasteiger partial charge in [-0.3, -0.25) is 0 Å². The zero-order valence-electron chi connectivity index (χ0n) is 14.2. The Kier molecular flexibility index (Phi) is 4.91. The Morgan fingerprint density at radius 3 is 2.44 bits per heavy atom. The Bertz CT molecular complexity index is 910. The molecule has 0 aliphatic heterocycles. The fourth-order valence-corrected chi connectivity index (χ4v) is 2.45. The van der Waals surface area contributed by atoms with Crippen LogP contribution in [0.4, 0.5) is 17.3 Å². The summed E-state index contributed by atoms with van der Waals surface area (Å²) in [6, 6.07) is 19.7. The molecule has 124 valence electrons. The van der Waals surface area contributed by atoms with Gasteiger partial charge in [0.1, 0.15) is 23.5 Å². The molecule has 0 aliphatic carbocycles. The van der Waals surface area contributed by atoms with Crippen molar-refractivity contribution in [3.63, 3.8) is 0 Å². The average Bonchev–Trinajstić information content (AvgIpc) is 2.61. The fraction of sp³-hybridized carbons (Fsp3) is 0.150. The molecule has 3 rings (SSSR count). The Morgan fingerprint density at radius 2 is 1.68 bits per heavy atom. The molecule has 0 spiro atoms. The third kappa shape index (κ3) is 4.33. The van der Waals surface area contributed by atoms with Gasteiger partial charge in [-0.2, -0.15) is 5.26 Å². The van der Waals surface area contributed by atoms with Gasteiger partial charge in [-0.05, 0) is 31.5 Å². The van der Waals surface area contributed by atoms with Gasteiger partial charge >= 0.3 is 0 Å². The molecule has 5 nitrogen and oxygen atoms in total. The Morgan fingerprint density at radius 1 is 0.960 bits per heavy atom. The molecule has 25 heavy (non-hydrogen) atoms. The second-order valence-corrected chi connectivity index (χ2v) is 5.81. The first-order valence-electron chi connectivity index (χ1n) is 8.05. The summed E-state index contributed by atoms with van der Waals surface area (Å²) in [5.41, 5.74) is 3.73. The summed E-state index contributed by atoms with van der Waals surface area (Å²) >= 11 is 0. The summed E-state index contributed by atoms with van der Waals surface area (Å²) in [5, 5.41) is 15.7. The van der Waals surface area contributed by atoms with Gasteiger partial charge < -0.3 is 10.6 Å². The molecule has 0 aliphatic rings. The maximum absolute atomic E-state index is 9.20. The number of nitrogens with zero attached hydrogens (tertiary/aromatic N) is 3. The van der Waals surface area contributed by atoms with Crippen LogP contribution in [0.5, 0.6) is 0 Å². The van der Waals surface area contributed by atoms with Crippen molar-refractivity contribution in [1.82, 2.24) is 9.97 Å². The van der Waals surface area contributed by atoms with Crippen molar-refractivity contribution in [3.05, 3.63) is 77.1 Å². The first kappa shape index (κ1) is 16.5. The van der Waals surface area contributed by atoms with Gasteiger partial charge in [-0.1, -0.05) is 42.0 Å². The van der Waals surface area contributed by atoms with Crippen LogP contribution in [-0.4, -0.2) is 9.97 Å². The quantitative estimate of drug-likeness (QED) is 0.729. The predicted molar refractivity (Wildman–Crippen MR) is 99.7 cm³/mol. The van der Waals surface area contributed by atoms with E-state index in [4.69, 9.17) is 0 Å². The second-order valence-electron chi connectivity index (χ2n) is 5.81. The second kappa shape index (κ2) is 7.45. The molecule has 1 heterocycles. The van der Waals surface area contributed by atoms with E-state index in [0.717, 1.165) is 11.5 Å². The van der Waals surface area contributed by atoms with Crippen molar-refractivity contribution in [1.29, 1.82) is 5.26 Å². The van der Waals surface area contributed by atoms with Crippen LogP contribution in [-0.2, 0) is 6.54 Å². The number of anilines is 3. The van der Waals surface area contributed by atoms with Crippen LogP contribution in [0.25, 0.3) is 0 Å². The minimum absolute atomic E-state index is 0.577. The normalized spacial score (nSPS) is 10.1. The Balaban J connectivity index is 1.76. The number of nitrogens with one attached hydrogen (secondary N) is 2. The lowest BCUT2D eigenvalue weighted by Crippen LogP contribution is -2.05. The molecule has 0 bridgehead atoms. The SMILES string of the molecule is Cc1ccc(CNc2cc(Nc3ccccc3C#N)nc(C)n2)cc1. The van der Waals surface area contributed by atoms with Gasteiger partial charge in [0, 0.05) is 12.6 Å². The van der Waals surface area contributed by atoms with Crippen molar-refractivity contribution in [2.24, 2.45) is 0 Å². The average molecular weight is 329 g/mol. The highest BCUT2D eigenvalue weighted by Gasteiger charge is 2.05. The number of nitriles is 1. The molecule has 2 N–H and O–H groups in total. The maximum atomic E-state index is 9.20. The van der Waals surface area contributed by atoms with Crippen LogP contribution in [0.2, 0.25) is 0 Å². The zero-order chi connectivity index (χ0) is 17.6. The van der Waals surface area contributed by atoms with E-state index in [1.807, 2.05) is 31.2 Å². The van der Waals surface area contributed by atoms with Crippen LogP contribution < -0.4 is 10.6 Å². The summed E-state index contributed by atoms with van der Waals surface area (Å²) in [7, 11) is 0. The van der Waals surface area contributed by atoms with Crippen LogP contribution in [0.15, 0.2) is 54.6 Å². The summed E-state index contributed by atoms with van der Waals surface area (Å²) in [6.07, 6.45) is 0. The smallest absolute Gasteiger partial charge is 0.136 e. The maximum Gasteiger partial charge on any atom is 0.136 e. The largest absolute Gasteiger partial charge is 0.366 e. The first-order chi connectivity index (χ1) is 12.1. The molecule has 0 saturated carbocycles. The van der Waals surface area contributed by atoms with Gasteiger partial charge in [0.25, 0.3) is 0 Å². The van der Waals surface area contributed by atoms with Crippen molar-refractivity contribution in [2.75, 3.05) is 10.6 Å². The third-order valence-corrected chi connectivity index (χ3v) is 3.74. The first-order valence-corrected chi connectivity index (χ1v) is 8.05. The standard InChI is InChI=1S/C20H19N5/c1-14-7-9-16(10-8-14)13-22-19-11-20(24-15(2)23-19)25-18-6-4-3-5-17(18)12-21/h3-11H,13H2,1-2H3,(H2,22,23,24,25). The lowest BCUT2D eigenvalue weighted by molar-refractivity contribution is 1.02. The molecule has 5 heteroatoms. The number of rotatable bonds is 5. The topological polar surface area (TPSA) is 73.6 Å². The van der Waals surface area contributed by atoms with Crippen LogP contribution >= 0.6 is 0 Å². The highest BCUT2D eigenvalue weighted by molar-refractivity contribution is 5.65. The number of hydrogen-bond acceptors (Lipinski definition) is 5. The monoisotopic (exact) mass is 329 g/mol. The van der Waals surface area contributed by atoms with Crippen LogP contribution in [0.1, 0.15) is 22.5 Å². The summed E-state index contributed by atoms with van der Waals surface area (Å²) in [4.78, 5) is 8.82. The summed E-state index contributed by atoms with van der Waals surface area (Å²) in [5.74, 6) is 2.05. The minimum atomic E-state index is 0.577. The zero-order valence-corrected chi connectivity index (χ0v) is 14.2. The van der Waals surface area contributed by atoms with Gasteiger partial charge in [0.05, 0.1) is 11.3 Å². The van der Waals surface area contributed by atoms with E-state index in [0.29, 0.717) is 23.8 Å². The van der Waals surface area contributed by atoms with Crippen LogP contribution in [0.3, 0.4) is 0 Å². The Hall–Kier alpha value is -3.39. The molecule has 0 unspecified atom stereocenters. The molecular formula is C20H19N5. The van der Waals surface area contributed by atoms with Crippen molar-refractivity contribution in [3.8, 4) is 6.07 Å². The highest BCUT2D eigenvalue weighted by atomic mass is 15.1. The molecule has 0 atom stereocenters.